The topological polar surface area (TPSA) is 48.3 Å². The minimum absolute atomic E-state index is 0.524. The van der Waals surface area contributed by atoms with Gasteiger partial charge in [-0.1, -0.05) is 18.5 Å². The molecule has 0 saturated heterocycles. The van der Waals surface area contributed by atoms with Crippen LogP contribution in [-0.4, -0.2) is 24.0 Å². The Morgan fingerprint density at radius 3 is 2.57 bits per heavy atom. The molecule has 0 aliphatic rings. The molecule has 1 heterocycles. The molecule has 0 amide bonds. The maximum atomic E-state index is 6.10. The number of anilines is 1. The Morgan fingerprint density at radius 2 is 1.95 bits per heavy atom. The van der Waals surface area contributed by atoms with Crippen LogP contribution in [0.4, 0.5) is 5.69 Å². The molecule has 21 heavy (non-hydrogen) atoms. The number of nitrogens with zero attached hydrogens (tertiary/aromatic N) is 2. The summed E-state index contributed by atoms with van der Waals surface area (Å²) in [5.41, 5.74) is 3.09. The molecule has 0 fully saturated rings. The summed E-state index contributed by atoms with van der Waals surface area (Å²) in [7, 11) is 5.13. The van der Waals surface area contributed by atoms with Crippen LogP contribution in [0.25, 0.3) is 0 Å². The summed E-state index contributed by atoms with van der Waals surface area (Å²) in [6.45, 7) is 2.76. The SMILES string of the molecule is CCc1nn(C)cc1CNc1cc(OC)c(Cl)cc1OC. The predicted octanol–water partition coefficient (Wildman–Crippen LogP) is 3.27. The summed E-state index contributed by atoms with van der Waals surface area (Å²) >= 11 is 6.10. The fourth-order valence-electron chi connectivity index (χ4n) is 2.22. The molecule has 0 radical (unpaired) electrons. The lowest BCUT2D eigenvalue weighted by atomic mass is 10.2. The van der Waals surface area contributed by atoms with Gasteiger partial charge in [0.2, 0.25) is 0 Å². The first-order valence-electron chi connectivity index (χ1n) is 6.75. The van der Waals surface area contributed by atoms with Crippen molar-refractivity contribution in [3.8, 4) is 11.5 Å². The van der Waals surface area contributed by atoms with Gasteiger partial charge < -0.3 is 14.8 Å². The molecule has 114 valence electrons. The van der Waals surface area contributed by atoms with E-state index in [9.17, 15) is 0 Å². The van der Waals surface area contributed by atoms with Gasteiger partial charge in [0.05, 0.1) is 30.6 Å². The zero-order valence-corrected chi connectivity index (χ0v) is 13.5. The van der Waals surface area contributed by atoms with Crippen LogP contribution in [0.15, 0.2) is 18.3 Å². The molecule has 0 saturated carbocycles. The third-order valence-corrected chi connectivity index (χ3v) is 3.57. The number of methoxy groups -OCH3 is 2. The lowest BCUT2D eigenvalue weighted by Gasteiger charge is -2.13. The zero-order chi connectivity index (χ0) is 15.4. The van der Waals surface area contributed by atoms with Crippen molar-refractivity contribution in [1.82, 2.24) is 9.78 Å². The van der Waals surface area contributed by atoms with Crippen LogP contribution in [-0.2, 0) is 20.0 Å². The molecule has 0 aliphatic carbocycles. The number of rotatable bonds is 6. The van der Waals surface area contributed by atoms with Gasteiger partial charge in [0, 0.05) is 37.5 Å². The van der Waals surface area contributed by atoms with Crippen molar-refractivity contribution in [1.29, 1.82) is 0 Å². The molecular weight excluding hydrogens is 290 g/mol. The molecule has 0 spiro atoms. The van der Waals surface area contributed by atoms with Crippen molar-refractivity contribution in [2.75, 3.05) is 19.5 Å². The van der Waals surface area contributed by atoms with Gasteiger partial charge in [-0.25, -0.2) is 0 Å². The molecular formula is C15H20ClN3O2. The van der Waals surface area contributed by atoms with Gasteiger partial charge >= 0.3 is 0 Å². The van der Waals surface area contributed by atoms with Crippen molar-refractivity contribution >= 4 is 17.3 Å². The number of hydrogen-bond donors (Lipinski definition) is 1. The second kappa shape index (κ2) is 6.72. The third-order valence-electron chi connectivity index (χ3n) is 3.27. The molecule has 1 aromatic heterocycles. The molecule has 2 rings (SSSR count). The monoisotopic (exact) mass is 309 g/mol. The van der Waals surface area contributed by atoms with Gasteiger partial charge in [0.1, 0.15) is 11.5 Å². The van der Waals surface area contributed by atoms with E-state index in [-0.39, 0.29) is 0 Å². The smallest absolute Gasteiger partial charge is 0.143 e. The number of aromatic nitrogens is 2. The fourth-order valence-corrected chi connectivity index (χ4v) is 2.45. The number of aryl methyl sites for hydroxylation is 2. The Hall–Kier alpha value is -1.88. The van der Waals surface area contributed by atoms with Crippen molar-refractivity contribution in [2.24, 2.45) is 7.05 Å². The first kappa shape index (κ1) is 15.5. The Kier molecular flexibility index (Phi) is 4.96. The van der Waals surface area contributed by atoms with Crippen molar-refractivity contribution in [2.45, 2.75) is 19.9 Å². The average molecular weight is 310 g/mol. The van der Waals surface area contributed by atoms with E-state index in [0.29, 0.717) is 23.1 Å². The minimum atomic E-state index is 0.524. The number of nitrogens with one attached hydrogen (secondary N) is 1. The van der Waals surface area contributed by atoms with Crippen molar-refractivity contribution in [3.05, 3.63) is 34.6 Å². The third kappa shape index (κ3) is 3.42. The van der Waals surface area contributed by atoms with Gasteiger partial charge in [-0.3, -0.25) is 4.68 Å². The molecule has 1 N–H and O–H groups in total. The van der Waals surface area contributed by atoms with Crippen LogP contribution in [0.1, 0.15) is 18.2 Å². The molecule has 0 atom stereocenters. The maximum Gasteiger partial charge on any atom is 0.143 e. The van der Waals surface area contributed by atoms with E-state index in [0.717, 1.165) is 23.4 Å². The number of benzene rings is 1. The van der Waals surface area contributed by atoms with Gasteiger partial charge in [0.25, 0.3) is 0 Å². The molecule has 0 aliphatic heterocycles. The van der Waals surface area contributed by atoms with E-state index in [4.69, 9.17) is 21.1 Å². The highest BCUT2D eigenvalue weighted by atomic mass is 35.5. The average Bonchev–Trinajstić information content (AvgIpc) is 2.85. The second-order valence-corrected chi connectivity index (χ2v) is 5.08. The summed E-state index contributed by atoms with van der Waals surface area (Å²) in [6.07, 6.45) is 2.92. The number of hydrogen-bond acceptors (Lipinski definition) is 4. The maximum absolute atomic E-state index is 6.10. The number of ether oxygens (including phenoxy) is 2. The first-order chi connectivity index (χ1) is 10.1. The van der Waals surface area contributed by atoms with Gasteiger partial charge in [0.15, 0.2) is 0 Å². The Labute approximate surface area is 129 Å². The standard InChI is InChI=1S/C15H20ClN3O2/c1-5-12-10(9-19(2)18-12)8-17-13-7-14(20-3)11(16)6-15(13)21-4/h6-7,9,17H,5,8H2,1-4H3. The number of halogens is 1. The van der Waals surface area contributed by atoms with Crippen molar-refractivity contribution in [3.63, 3.8) is 0 Å². The summed E-state index contributed by atoms with van der Waals surface area (Å²) in [5, 5.41) is 8.31. The summed E-state index contributed by atoms with van der Waals surface area (Å²) in [5.74, 6) is 1.30. The van der Waals surface area contributed by atoms with E-state index < -0.39 is 0 Å². The van der Waals surface area contributed by atoms with Crippen LogP contribution < -0.4 is 14.8 Å². The van der Waals surface area contributed by atoms with Crippen LogP contribution in [0.3, 0.4) is 0 Å². The van der Waals surface area contributed by atoms with E-state index >= 15 is 0 Å². The van der Waals surface area contributed by atoms with E-state index in [2.05, 4.69) is 17.3 Å². The highest BCUT2D eigenvalue weighted by Gasteiger charge is 2.11. The summed E-state index contributed by atoms with van der Waals surface area (Å²) < 4.78 is 12.4. The lowest BCUT2D eigenvalue weighted by Crippen LogP contribution is -2.03. The van der Waals surface area contributed by atoms with E-state index in [1.165, 1.54) is 0 Å². The highest BCUT2D eigenvalue weighted by Crippen LogP contribution is 2.36. The highest BCUT2D eigenvalue weighted by molar-refractivity contribution is 6.32. The van der Waals surface area contributed by atoms with Crippen LogP contribution >= 0.6 is 11.6 Å². The predicted molar refractivity (Wildman–Crippen MR) is 84.5 cm³/mol. The molecule has 0 bridgehead atoms. The fraction of sp³-hybridized carbons (Fsp3) is 0.400. The molecule has 1 aromatic carbocycles. The summed E-state index contributed by atoms with van der Waals surface area (Å²) in [6, 6.07) is 3.58. The lowest BCUT2D eigenvalue weighted by molar-refractivity contribution is 0.404. The quantitative estimate of drug-likeness (QED) is 0.889. The van der Waals surface area contributed by atoms with E-state index in [1.54, 1.807) is 20.3 Å². The Morgan fingerprint density at radius 1 is 1.24 bits per heavy atom. The summed E-state index contributed by atoms with van der Waals surface area (Å²) in [4.78, 5) is 0. The van der Waals surface area contributed by atoms with Gasteiger partial charge in [-0.2, -0.15) is 5.10 Å². The first-order valence-corrected chi connectivity index (χ1v) is 7.13. The largest absolute Gasteiger partial charge is 0.495 e. The van der Waals surface area contributed by atoms with Crippen LogP contribution in [0.5, 0.6) is 11.5 Å². The van der Waals surface area contributed by atoms with Crippen LogP contribution in [0.2, 0.25) is 5.02 Å². The second-order valence-electron chi connectivity index (χ2n) is 4.67. The Bertz CT molecular complexity index is 626. The van der Waals surface area contributed by atoms with Gasteiger partial charge in [-0.15, -0.1) is 0 Å². The molecule has 2 aromatic rings. The van der Waals surface area contributed by atoms with Crippen molar-refractivity contribution < 1.29 is 9.47 Å². The molecule has 5 nitrogen and oxygen atoms in total. The van der Waals surface area contributed by atoms with Gasteiger partial charge in [-0.05, 0) is 6.42 Å². The van der Waals surface area contributed by atoms with Crippen LogP contribution in [0, 0.1) is 0 Å². The molecule has 0 unspecified atom stereocenters. The zero-order valence-electron chi connectivity index (χ0n) is 12.7. The normalized spacial score (nSPS) is 10.5. The van der Waals surface area contributed by atoms with E-state index in [1.807, 2.05) is 24.0 Å². The Balaban J connectivity index is 2.22. The minimum Gasteiger partial charge on any atom is -0.495 e. The molecule has 6 heteroatoms.